The molecule has 16 aliphatic carbocycles. The first-order valence-corrected chi connectivity index (χ1v) is 24.7. The van der Waals surface area contributed by atoms with Gasteiger partial charge in [-0.15, -0.1) is 0 Å². The zero-order chi connectivity index (χ0) is 35.3. The van der Waals surface area contributed by atoms with Crippen molar-refractivity contribution in [3.8, 4) is 5.75 Å². The lowest BCUT2D eigenvalue weighted by molar-refractivity contribution is -0.0261. The molecule has 0 aromatic heterocycles. The fourth-order valence-corrected chi connectivity index (χ4v) is 21.4. The van der Waals surface area contributed by atoms with Crippen molar-refractivity contribution < 1.29 is 9.47 Å². The maximum atomic E-state index is 8.32. The topological polar surface area (TPSA) is 21.8 Å². The van der Waals surface area contributed by atoms with Gasteiger partial charge in [-0.2, -0.15) is 0 Å². The third-order valence-corrected chi connectivity index (χ3v) is 21.3. The Kier molecular flexibility index (Phi) is 6.68. The molecule has 2 nitrogen and oxygen atoms in total. The molecule has 2 unspecified atom stereocenters. The van der Waals surface area contributed by atoms with E-state index in [9.17, 15) is 0 Å². The fourth-order valence-electron chi connectivity index (χ4n) is 21.4. The summed E-state index contributed by atoms with van der Waals surface area (Å²) in [4.78, 5) is 0. The highest BCUT2D eigenvalue weighted by molar-refractivity contribution is 5.63. The first-order chi connectivity index (χ1) is 26.2. The molecule has 17 aliphatic rings. The molecule has 2 atom stereocenters. The van der Waals surface area contributed by atoms with Crippen LogP contribution in [0.3, 0.4) is 0 Å². The Balaban J connectivity index is 1.09. The summed E-state index contributed by atoms with van der Waals surface area (Å²) in [6.45, 7) is 5.87. The second kappa shape index (κ2) is 11.0. The molecule has 0 spiro atoms. The van der Waals surface area contributed by atoms with Gasteiger partial charge < -0.3 is 9.47 Å². The first kappa shape index (κ1) is 32.9. The van der Waals surface area contributed by atoms with Gasteiger partial charge in [-0.1, -0.05) is 19.9 Å². The van der Waals surface area contributed by atoms with Gasteiger partial charge in [0.25, 0.3) is 0 Å². The summed E-state index contributed by atoms with van der Waals surface area (Å²) in [5, 5.41) is 0. The molecule has 1 heterocycles. The highest BCUT2D eigenvalue weighted by Crippen LogP contribution is 2.72. The molecule has 0 amide bonds. The van der Waals surface area contributed by atoms with Crippen LogP contribution in [0, 0.1) is 76.9 Å². The SMILES string of the molecule is CC(C)C(Oc1c(C23CC4CC(CC(C4)C2)C3)c(C23CC4CC(CC(C4)C2)C3)cc(C23CC4CC(CC(C4)C2)C3)c1C12CC3CC(CC(C3)C1)C2)C1CO1. The van der Waals surface area contributed by atoms with E-state index in [1.165, 1.54) is 77.0 Å². The van der Waals surface area contributed by atoms with E-state index in [4.69, 9.17) is 9.47 Å². The Bertz CT molecular complexity index is 1490. The molecule has 16 saturated carbocycles. The highest BCUT2D eigenvalue weighted by atomic mass is 16.6. The third kappa shape index (κ3) is 4.62. The van der Waals surface area contributed by atoms with Crippen LogP contribution in [0.4, 0.5) is 0 Å². The Morgan fingerprint density at radius 1 is 0.444 bits per heavy atom. The van der Waals surface area contributed by atoms with E-state index in [-0.39, 0.29) is 6.10 Å². The molecule has 1 aromatic rings. The number of hydrogen-bond acceptors (Lipinski definition) is 2. The Morgan fingerprint density at radius 3 is 0.944 bits per heavy atom. The second-order valence-electron chi connectivity index (χ2n) is 25.5. The van der Waals surface area contributed by atoms with Crippen molar-refractivity contribution in [2.24, 2.45) is 76.9 Å². The molecule has 2 heteroatoms. The quantitative estimate of drug-likeness (QED) is 0.249. The number of rotatable bonds is 8. The van der Waals surface area contributed by atoms with Crippen molar-refractivity contribution in [3.63, 3.8) is 0 Å². The van der Waals surface area contributed by atoms with Gasteiger partial charge in [0.05, 0.1) is 6.61 Å². The summed E-state index contributed by atoms with van der Waals surface area (Å²) < 4.78 is 14.6. The van der Waals surface area contributed by atoms with E-state index >= 15 is 0 Å². The Hall–Kier alpha value is -1.02. The number of ether oxygens (including phenoxy) is 2. The Labute approximate surface area is 327 Å². The van der Waals surface area contributed by atoms with E-state index in [0.717, 1.165) is 77.6 Å². The van der Waals surface area contributed by atoms with Gasteiger partial charge in [-0.25, -0.2) is 0 Å². The van der Waals surface area contributed by atoms with Crippen LogP contribution in [0.1, 0.15) is 190 Å². The average molecular weight is 729 g/mol. The van der Waals surface area contributed by atoms with Crippen LogP contribution >= 0.6 is 0 Å². The van der Waals surface area contributed by atoms with Crippen molar-refractivity contribution in [2.75, 3.05) is 6.61 Å². The van der Waals surface area contributed by atoms with Crippen LogP contribution in [0.15, 0.2) is 6.07 Å². The predicted molar refractivity (Wildman–Crippen MR) is 215 cm³/mol. The predicted octanol–water partition coefficient (Wildman–Crippen LogP) is 12.4. The molecule has 292 valence electrons. The van der Waals surface area contributed by atoms with E-state index in [2.05, 4.69) is 19.9 Å². The number of benzene rings is 1. The Morgan fingerprint density at radius 2 is 0.704 bits per heavy atom. The summed E-state index contributed by atoms with van der Waals surface area (Å²) in [5.74, 6) is 13.8. The minimum absolute atomic E-state index is 0.196. The normalized spacial score (nSPS) is 55.4. The van der Waals surface area contributed by atoms with Crippen LogP contribution in [0.25, 0.3) is 0 Å². The van der Waals surface area contributed by atoms with Crippen LogP contribution in [-0.2, 0) is 26.4 Å². The summed E-state index contributed by atoms with van der Waals surface area (Å²) >= 11 is 0. The molecule has 0 radical (unpaired) electrons. The van der Waals surface area contributed by atoms with E-state index < -0.39 is 0 Å². The highest BCUT2D eigenvalue weighted by Gasteiger charge is 2.63. The lowest BCUT2D eigenvalue weighted by Crippen LogP contribution is -2.55. The molecule has 1 aromatic carbocycles. The summed E-state index contributed by atoms with van der Waals surface area (Å²) in [5.41, 5.74) is 9.31. The van der Waals surface area contributed by atoms with Gasteiger partial charge in [0, 0.05) is 22.0 Å². The van der Waals surface area contributed by atoms with Crippen molar-refractivity contribution in [2.45, 2.75) is 202 Å². The maximum absolute atomic E-state index is 8.32. The van der Waals surface area contributed by atoms with Crippen molar-refractivity contribution in [1.82, 2.24) is 0 Å². The minimum Gasteiger partial charge on any atom is -0.487 e. The molecule has 16 bridgehead atoms. The molecule has 17 fully saturated rings. The zero-order valence-electron chi connectivity index (χ0n) is 34.2. The molecule has 1 saturated heterocycles. The summed E-state index contributed by atoms with van der Waals surface area (Å²) in [6.07, 6.45) is 37.0. The van der Waals surface area contributed by atoms with Crippen molar-refractivity contribution >= 4 is 0 Å². The molecular weight excluding hydrogens is 657 g/mol. The number of epoxide rings is 1. The molecular formula is C52H72O2. The van der Waals surface area contributed by atoms with Crippen LogP contribution in [0.2, 0.25) is 0 Å². The number of hydrogen-bond donors (Lipinski definition) is 0. The average Bonchev–Trinajstić information content (AvgIpc) is 3.93. The maximum Gasteiger partial charge on any atom is 0.129 e. The lowest BCUT2D eigenvalue weighted by Gasteiger charge is -2.63. The second-order valence-corrected chi connectivity index (χ2v) is 25.5. The van der Waals surface area contributed by atoms with Gasteiger partial charge in [0.15, 0.2) is 0 Å². The monoisotopic (exact) mass is 729 g/mol. The van der Waals surface area contributed by atoms with Gasteiger partial charge in [0.1, 0.15) is 18.0 Å². The molecule has 0 N–H and O–H groups in total. The van der Waals surface area contributed by atoms with Crippen molar-refractivity contribution in [1.29, 1.82) is 0 Å². The molecule has 54 heavy (non-hydrogen) atoms. The first-order valence-electron chi connectivity index (χ1n) is 24.7. The van der Waals surface area contributed by atoms with Crippen molar-refractivity contribution in [3.05, 3.63) is 28.3 Å². The summed E-state index contributed by atoms with van der Waals surface area (Å²) in [6, 6.07) is 3.22. The molecule has 1 aliphatic heterocycles. The standard InChI is InChI=1S/C52H72O2/c1-29(2)47(44-28-53-44)54-48-45(51-22-36-9-37(23-51)11-38(10-36)24-51)42(49-16-30-3-31(17-49)5-32(4-30)18-49)15-43(50-19-33-6-34(20-50)8-35(7-33)21-50)46(48)52-25-39-12-40(26-52)14-41(13-39)27-52/h15,29-41,44,47H,3-14,16-28H2,1-2H3. The van der Waals surface area contributed by atoms with Crippen LogP contribution in [-0.4, -0.2) is 18.8 Å². The van der Waals surface area contributed by atoms with E-state index in [0.29, 0.717) is 33.7 Å². The van der Waals surface area contributed by atoms with Gasteiger partial charge in [-0.05, 0) is 253 Å². The van der Waals surface area contributed by atoms with Gasteiger partial charge in [0.2, 0.25) is 0 Å². The molecule has 18 rings (SSSR count). The third-order valence-electron chi connectivity index (χ3n) is 21.3. The van der Waals surface area contributed by atoms with Crippen LogP contribution in [0.5, 0.6) is 5.75 Å². The van der Waals surface area contributed by atoms with E-state index in [1.807, 2.05) is 22.3 Å². The zero-order valence-corrected chi connectivity index (χ0v) is 34.2. The largest absolute Gasteiger partial charge is 0.487 e. The summed E-state index contributed by atoms with van der Waals surface area (Å²) in [7, 11) is 0. The minimum atomic E-state index is 0.196. The van der Waals surface area contributed by atoms with E-state index in [1.54, 1.807) is 82.8 Å². The van der Waals surface area contributed by atoms with Gasteiger partial charge in [-0.3, -0.25) is 0 Å². The fraction of sp³-hybridized carbons (Fsp3) is 0.885. The smallest absolute Gasteiger partial charge is 0.129 e. The van der Waals surface area contributed by atoms with Crippen LogP contribution < -0.4 is 4.74 Å². The lowest BCUT2D eigenvalue weighted by atomic mass is 9.41. The van der Waals surface area contributed by atoms with Gasteiger partial charge >= 0.3 is 0 Å².